The van der Waals surface area contributed by atoms with Crippen LogP contribution in [0.3, 0.4) is 0 Å². The third kappa shape index (κ3) is 4.87. The normalized spacial score (nSPS) is 17.3. The highest BCUT2D eigenvalue weighted by Gasteiger charge is 2.25. The highest BCUT2D eigenvalue weighted by Crippen LogP contribution is 2.29. The molecule has 2 atom stereocenters. The molecule has 3 rings (SSSR count). The molecule has 7 nitrogen and oxygen atoms in total. The topological polar surface area (TPSA) is 82.5 Å². The number of esters is 1. The maximum atomic E-state index is 12.8. The Labute approximate surface area is 175 Å². The van der Waals surface area contributed by atoms with E-state index in [0.29, 0.717) is 29.4 Å². The quantitative estimate of drug-likeness (QED) is 0.658. The number of nitrogens with zero attached hydrogens (tertiary/aromatic N) is 2. The first-order chi connectivity index (χ1) is 13.9. The average molecular weight is 420 g/mol. The van der Waals surface area contributed by atoms with Gasteiger partial charge in [-0.15, -0.1) is 11.3 Å². The molecule has 3 heterocycles. The molecule has 2 unspecified atom stereocenters. The summed E-state index contributed by atoms with van der Waals surface area (Å²) in [6, 6.07) is 1.97. The molecule has 1 amide bonds. The van der Waals surface area contributed by atoms with Crippen LogP contribution in [0.25, 0.3) is 11.4 Å². The van der Waals surface area contributed by atoms with Crippen LogP contribution in [0.5, 0.6) is 0 Å². The van der Waals surface area contributed by atoms with Gasteiger partial charge in [0.15, 0.2) is 0 Å². The van der Waals surface area contributed by atoms with Crippen LogP contribution < -0.4 is 5.32 Å². The van der Waals surface area contributed by atoms with Crippen molar-refractivity contribution in [3.05, 3.63) is 27.7 Å². The molecule has 0 spiro atoms. The molecule has 1 aliphatic heterocycles. The van der Waals surface area contributed by atoms with Crippen molar-refractivity contribution in [3.63, 3.8) is 0 Å². The van der Waals surface area contributed by atoms with E-state index in [-0.39, 0.29) is 18.1 Å². The Morgan fingerprint density at radius 2 is 2.24 bits per heavy atom. The van der Waals surface area contributed by atoms with Crippen molar-refractivity contribution < 1.29 is 19.1 Å². The summed E-state index contributed by atoms with van der Waals surface area (Å²) in [7, 11) is 0. The highest BCUT2D eigenvalue weighted by molar-refractivity contribution is 7.11. The van der Waals surface area contributed by atoms with E-state index in [9.17, 15) is 9.59 Å². The summed E-state index contributed by atoms with van der Waals surface area (Å²) in [5.41, 5.74) is 2.99. The SMILES string of the molecule is CCOC(=O)c1nc(-c2cc(C(=O)NC(C)CC)c(C)n2CC2CCCO2)cs1. The van der Waals surface area contributed by atoms with Gasteiger partial charge in [-0.25, -0.2) is 9.78 Å². The van der Waals surface area contributed by atoms with Gasteiger partial charge in [0.2, 0.25) is 5.01 Å². The van der Waals surface area contributed by atoms with Crippen LogP contribution in [-0.4, -0.2) is 46.8 Å². The fraction of sp³-hybridized carbons (Fsp3) is 0.571. The lowest BCUT2D eigenvalue weighted by atomic mass is 10.2. The second-order valence-corrected chi connectivity index (χ2v) is 8.17. The van der Waals surface area contributed by atoms with Crippen molar-refractivity contribution >= 4 is 23.2 Å². The minimum atomic E-state index is -0.424. The van der Waals surface area contributed by atoms with Gasteiger partial charge in [-0.05, 0) is 46.1 Å². The smallest absolute Gasteiger partial charge is 0.367 e. The summed E-state index contributed by atoms with van der Waals surface area (Å²) in [4.78, 5) is 29.3. The predicted molar refractivity (Wildman–Crippen MR) is 112 cm³/mol. The van der Waals surface area contributed by atoms with Crippen LogP contribution in [-0.2, 0) is 16.0 Å². The zero-order chi connectivity index (χ0) is 21.0. The summed E-state index contributed by atoms with van der Waals surface area (Å²) in [5.74, 6) is -0.516. The molecule has 2 aromatic heterocycles. The maximum absolute atomic E-state index is 12.8. The lowest BCUT2D eigenvalue weighted by Gasteiger charge is -2.16. The molecule has 1 aliphatic rings. The summed E-state index contributed by atoms with van der Waals surface area (Å²) in [6.45, 7) is 9.48. The van der Waals surface area contributed by atoms with Gasteiger partial charge in [0.1, 0.15) is 0 Å². The Morgan fingerprint density at radius 3 is 2.90 bits per heavy atom. The Kier molecular flexibility index (Phi) is 7.08. The maximum Gasteiger partial charge on any atom is 0.367 e. The van der Waals surface area contributed by atoms with Crippen LogP contribution in [0.2, 0.25) is 0 Å². The number of hydrogen-bond acceptors (Lipinski definition) is 6. The van der Waals surface area contributed by atoms with Gasteiger partial charge >= 0.3 is 5.97 Å². The minimum absolute atomic E-state index is 0.0926. The van der Waals surface area contributed by atoms with Gasteiger partial charge in [-0.2, -0.15) is 0 Å². The van der Waals surface area contributed by atoms with Gasteiger partial charge in [0, 0.05) is 30.3 Å². The minimum Gasteiger partial charge on any atom is -0.461 e. The van der Waals surface area contributed by atoms with Crippen molar-refractivity contribution in [2.75, 3.05) is 13.2 Å². The standard InChI is InChI=1S/C21H29N3O4S/c1-5-13(3)22-19(25)16-10-18(17-12-29-20(23-17)21(26)27-6-2)24(14(16)4)11-15-8-7-9-28-15/h10,12-13,15H,5-9,11H2,1-4H3,(H,22,25). The molecule has 0 radical (unpaired) electrons. The molecule has 0 saturated carbocycles. The molecule has 1 fully saturated rings. The molecular weight excluding hydrogens is 390 g/mol. The first kappa shape index (κ1) is 21.5. The summed E-state index contributed by atoms with van der Waals surface area (Å²) in [5, 5.41) is 5.19. The van der Waals surface area contributed by atoms with Crippen molar-refractivity contribution in [2.45, 2.75) is 65.6 Å². The van der Waals surface area contributed by atoms with E-state index in [1.54, 1.807) is 6.92 Å². The van der Waals surface area contributed by atoms with E-state index in [4.69, 9.17) is 9.47 Å². The fourth-order valence-corrected chi connectivity index (χ4v) is 4.10. The molecule has 158 valence electrons. The van der Waals surface area contributed by atoms with E-state index in [1.165, 1.54) is 11.3 Å². The first-order valence-corrected chi connectivity index (χ1v) is 11.1. The Hall–Kier alpha value is -2.19. The second-order valence-electron chi connectivity index (χ2n) is 7.32. The molecule has 29 heavy (non-hydrogen) atoms. The summed E-state index contributed by atoms with van der Waals surface area (Å²) < 4.78 is 13.0. The lowest BCUT2D eigenvalue weighted by molar-refractivity contribution is 0.0526. The van der Waals surface area contributed by atoms with E-state index >= 15 is 0 Å². The number of ether oxygens (including phenoxy) is 2. The number of hydrogen-bond donors (Lipinski definition) is 1. The Bertz CT molecular complexity index is 867. The number of aromatic nitrogens is 2. The number of rotatable bonds is 8. The van der Waals surface area contributed by atoms with Gasteiger partial charge in [0.05, 0.1) is 29.7 Å². The van der Waals surface area contributed by atoms with Gasteiger partial charge in [0.25, 0.3) is 5.91 Å². The predicted octanol–water partition coefficient (Wildman–Crippen LogP) is 3.80. The van der Waals surface area contributed by atoms with Crippen LogP contribution in [0.15, 0.2) is 11.4 Å². The number of thiazole rings is 1. The molecular formula is C21H29N3O4S. The van der Waals surface area contributed by atoms with Crippen LogP contribution in [0.1, 0.15) is 65.9 Å². The third-order valence-corrected chi connectivity index (χ3v) is 6.05. The molecule has 0 bridgehead atoms. The zero-order valence-electron chi connectivity index (χ0n) is 17.5. The number of nitrogens with one attached hydrogen (secondary N) is 1. The average Bonchev–Trinajstić information content (AvgIpc) is 3.44. The van der Waals surface area contributed by atoms with Crippen molar-refractivity contribution in [2.24, 2.45) is 0 Å². The van der Waals surface area contributed by atoms with Crippen molar-refractivity contribution in [1.82, 2.24) is 14.9 Å². The van der Waals surface area contributed by atoms with E-state index in [2.05, 4.69) is 14.9 Å². The first-order valence-electron chi connectivity index (χ1n) is 10.2. The fourth-order valence-electron chi connectivity index (χ4n) is 3.40. The monoisotopic (exact) mass is 419 g/mol. The van der Waals surface area contributed by atoms with Crippen molar-refractivity contribution in [3.8, 4) is 11.4 Å². The van der Waals surface area contributed by atoms with Crippen LogP contribution >= 0.6 is 11.3 Å². The lowest BCUT2D eigenvalue weighted by Crippen LogP contribution is -2.32. The Balaban J connectivity index is 1.96. The molecule has 8 heteroatoms. The molecule has 2 aromatic rings. The van der Waals surface area contributed by atoms with Crippen LogP contribution in [0.4, 0.5) is 0 Å². The highest BCUT2D eigenvalue weighted by atomic mass is 32.1. The molecule has 0 aliphatic carbocycles. The third-order valence-electron chi connectivity index (χ3n) is 5.23. The number of carbonyl (C=O) groups is 2. The number of amides is 1. The van der Waals surface area contributed by atoms with Gasteiger partial charge < -0.3 is 19.4 Å². The summed E-state index contributed by atoms with van der Waals surface area (Å²) >= 11 is 1.25. The number of carbonyl (C=O) groups excluding carboxylic acids is 2. The van der Waals surface area contributed by atoms with E-state index < -0.39 is 5.97 Å². The second kappa shape index (κ2) is 9.54. The van der Waals surface area contributed by atoms with Crippen LogP contribution in [0, 0.1) is 6.92 Å². The summed E-state index contributed by atoms with van der Waals surface area (Å²) in [6.07, 6.45) is 3.03. The molecule has 1 N–H and O–H groups in total. The molecule has 1 saturated heterocycles. The molecule has 0 aromatic carbocycles. The largest absolute Gasteiger partial charge is 0.461 e. The zero-order valence-corrected chi connectivity index (χ0v) is 18.3. The Morgan fingerprint density at radius 1 is 1.45 bits per heavy atom. The van der Waals surface area contributed by atoms with E-state index in [0.717, 1.165) is 37.3 Å². The van der Waals surface area contributed by atoms with Gasteiger partial charge in [-0.1, -0.05) is 6.92 Å². The van der Waals surface area contributed by atoms with E-state index in [1.807, 2.05) is 32.2 Å². The van der Waals surface area contributed by atoms with Crippen molar-refractivity contribution in [1.29, 1.82) is 0 Å². The van der Waals surface area contributed by atoms with Gasteiger partial charge in [-0.3, -0.25) is 4.79 Å².